The standard InChI is InChI=1S/C6H8F6O/c1-5(8,9)4(13-2)3(7)6(10,11)12/h3-4H,1-2H3. The molecule has 0 spiro atoms. The van der Waals surface area contributed by atoms with Crippen molar-refractivity contribution in [3.05, 3.63) is 0 Å². The summed E-state index contributed by atoms with van der Waals surface area (Å²) in [7, 11) is 0.598. The summed E-state index contributed by atoms with van der Waals surface area (Å²) in [6.45, 7) is 0.166. The van der Waals surface area contributed by atoms with E-state index in [2.05, 4.69) is 4.74 Å². The number of rotatable bonds is 3. The predicted octanol–water partition coefficient (Wildman–Crippen LogP) is 2.56. The smallest absolute Gasteiger partial charge is 0.372 e. The lowest BCUT2D eigenvalue weighted by atomic mass is 10.1. The van der Waals surface area contributed by atoms with Gasteiger partial charge in [0.25, 0.3) is 5.92 Å². The summed E-state index contributed by atoms with van der Waals surface area (Å²) < 4.78 is 75.6. The largest absolute Gasteiger partial charge is 0.422 e. The molecular weight excluding hydrogens is 202 g/mol. The normalized spacial score (nSPS) is 18.5. The Morgan fingerprint density at radius 2 is 1.46 bits per heavy atom. The molecule has 0 aromatic heterocycles. The second-order valence-corrected chi connectivity index (χ2v) is 2.56. The van der Waals surface area contributed by atoms with Crippen LogP contribution in [0.25, 0.3) is 0 Å². The van der Waals surface area contributed by atoms with Gasteiger partial charge in [-0.1, -0.05) is 0 Å². The molecule has 2 unspecified atom stereocenters. The van der Waals surface area contributed by atoms with Crippen LogP contribution in [0.1, 0.15) is 6.92 Å². The van der Waals surface area contributed by atoms with Gasteiger partial charge in [0.2, 0.25) is 6.17 Å². The van der Waals surface area contributed by atoms with E-state index in [0.29, 0.717) is 7.11 Å². The van der Waals surface area contributed by atoms with Crippen molar-refractivity contribution in [2.75, 3.05) is 7.11 Å². The number of alkyl halides is 6. The Bertz CT molecular complexity index is 159. The van der Waals surface area contributed by atoms with Crippen LogP contribution in [0.3, 0.4) is 0 Å². The number of hydrogen-bond acceptors (Lipinski definition) is 1. The zero-order valence-electron chi connectivity index (χ0n) is 6.83. The molecule has 7 heteroatoms. The van der Waals surface area contributed by atoms with Crippen molar-refractivity contribution in [2.24, 2.45) is 0 Å². The first-order chi connectivity index (χ1) is 5.60. The van der Waals surface area contributed by atoms with Gasteiger partial charge in [-0.15, -0.1) is 0 Å². The number of halogens is 6. The fourth-order valence-corrected chi connectivity index (χ4v) is 0.755. The van der Waals surface area contributed by atoms with Gasteiger partial charge in [0.15, 0.2) is 6.10 Å². The molecule has 0 bridgehead atoms. The molecule has 0 radical (unpaired) electrons. The minimum atomic E-state index is -5.33. The Kier molecular flexibility index (Phi) is 3.60. The molecule has 0 aromatic rings. The molecule has 2 atom stereocenters. The van der Waals surface area contributed by atoms with Crippen LogP contribution < -0.4 is 0 Å². The molecule has 0 aliphatic heterocycles. The van der Waals surface area contributed by atoms with E-state index in [1.54, 1.807) is 0 Å². The summed E-state index contributed by atoms with van der Waals surface area (Å²) in [5, 5.41) is 0. The average Bonchev–Trinajstić information content (AvgIpc) is 1.83. The summed E-state index contributed by atoms with van der Waals surface area (Å²) >= 11 is 0. The van der Waals surface area contributed by atoms with Gasteiger partial charge in [-0.25, -0.2) is 13.2 Å². The summed E-state index contributed by atoms with van der Waals surface area (Å²) in [5.74, 6) is -3.87. The summed E-state index contributed by atoms with van der Waals surface area (Å²) in [5.41, 5.74) is 0. The van der Waals surface area contributed by atoms with Crippen LogP contribution in [0.15, 0.2) is 0 Å². The first-order valence-electron chi connectivity index (χ1n) is 3.22. The third kappa shape index (κ3) is 3.41. The van der Waals surface area contributed by atoms with E-state index in [1.807, 2.05) is 0 Å². The van der Waals surface area contributed by atoms with Gasteiger partial charge in [-0.3, -0.25) is 0 Å². The Hall–Kier alpha value is -0.460. The predicted molar refractivity (Wildman–Crippen MR) is 32.4 cm³/mol. The van der Waals surface area contributed by atoms with Crippen molar-refractivity contribution < 1.29 is 31.1 Å². The van der Waals surface area contributed by atoms with Gasteiger partial charge in [-0.05, 0) is 0 Å². The molecule has 0 amide bonds. The number of ether oxygens (including phenoxy) is 1. The fourth-order valence-electron chi connectivity index (χ4n) is 0.755. The topological polar surface area (TPSA) is 9.23 Å². The molecular formula is C6H8F6O. The van der Waals surface area contributed by atoms with Gasteiger partial charge >= 0.3 is 6.18 Å². The van der Waals surface area contributed by atoms with E-state index in [4.69, 9.17) is 0 Å². The highest BCUT2D eigenvalue weighted by Gasteiger charge is 2.53. The van der Waals surface area contributed by atoms with E-state index >= 15 is 0 Å². The second kappa shape index (κ2) is 3.73. The van der Waals surface area contributed by atoms with Gasteiger partial charge in [0.05, 0.1) is 0 Å². The van der Waals surface area contributed by atoms with Gasteiger partial charge in [0, 0.05) is 14.0 Å². The third-order valence-electron chi connectivity index (χ3n) is 1.33. The maximum Gasteiger partial charge on any atom is 0.422 e. The number of methoxy groups -OCH3 is 1. The van der Waals surface area contributed by atoms with Crippen LogP contribution >= 0.6 is 0 Å². The molecule has 0 saturated heterocycles. The quantitative estimate of drug-likeness (QED) is 0.650. The molecule has 80 valence electrons. The Morgan fingerprint density at radius 1 is 1.08 bits per heavy atom. The second-order valence-electron chi connectivity index (χ2n) is 2.56. The first kappa shape index (κ1) is 12.5. The summed E-state index contributed by atoms with van der Waals surface area (Å²) in [6.07, 6.45) is -11.8. The molecule has 0 aromatic carbocycles. The Morgan fingerprint density at radius 3 is 1.54 bits per heavy atom. The molecule has 13 heavy (non-hydrogen) atoms. The van der Waals surface area contributed by atoms with Crippen LogP contribution in [0.5, 0.6) is 0 Å². The minimum absolute atomic E-state index is 0.166. The SMILES string of the molecule is COC(C(F)C(F)(F)F)C(C)(F)F. The highest BCUT2D eigenvalue weighted by molar-refractivity contribution is 4.85. The van der Waals surface area contributed by atoms with Gasteiger partial charge < -0.3 is 4.74 Å². The van der Waals surface area contributed by atoms with Crippen molar-refractivity contribution in [2.45, 2.75) is 31.3 Å². The fraction of sp³-hybridized carbons (Fsp3) is 1.00. The molecule has 1 nitrogen and oxygen atoms in total. The van der Waals surface area contributed by atoms with Crippen LogP contribution in [0.2, 0.25) is 0 Å². The Labute approximate surface area is 70.7 Å². The lowest BCUT2D eigenvalue weighted by molar-refractivity contribution is -0.244. The van der Waals surface area contributed by atoms with Crippen molar-refractivity contribution in [1.29, 1.82) is 0 Å². The highest BCUT2D eigenvalue weighted by atomic mass is 19.4. The highest BCUT2D eigenvalue weighted by Crippen LogP contribution is 2.33. The van der Waals surface area contributed by atoms with Gasteiger partial charge in [-0.2, -0.15) is 13.2 Å². The van der Waals surface area contributed by atoms with Crippen molar-refractivity contribution >= 4 is 0 Å². The molecule has 0 saturated carbocycles. The van der Waals surface area contributed by atoms with Crippen molar-refractivity contribution in [3.8, 4) is 0 Å². The van der Waals surface area contributed by atoms with E-state index in [-0.39, 0.29) is 6.92 Å². The van der Waals surface area contributed by atoms with E-state index in [9.17, 15) is 26.3 Å². The van der Waals surface area contributed by atoms with Crippen molar-refractivity contribution in [1.82, 2.24) is 0 Å². The zero-order chi connectivity index (χ0) is 10.9. The first-order valence-corrected chi connectivity index (χ1v) is 3.22. The molecule has 0 N–H and O–H groups in total. The van der Waals surface area contributed by atoms with Crippen molar-refractivity contribution in [3.63, 3.8) is 0 Å². The molecule has 0 fully saturated rings. The van der Waals surface area contributed by atoms with Crippen LogP contribution in [0.4, 0.5) is 26.3 Å². The monoisotopic (exact) mass is 210 g/mol. The van der Waals surface area contributed by atoms with Crippen LogP contribution in [-0.2, 0) is 4.74 Å². The summed E-state index contributed by atoms with van der Waals surface area (Å²) in [6, 6.07) is 0. The van der Waals surface area contributed by atoms with E-state index in [0.717, 1.165) is 0 Å². The molecule has 0 aliphatic rings. The zero-order valence-corrected chi connectivity index (χ0v) is 6.83. The lowest BCUT2D eigenvalue weighted by Gasteiger charge is -2.26. The Balaban J connectivity index is 4.61. The van der Waals surface area contributed by atoms with E-state index < -0.39 is 24.4 Å². The lowest BCUT2D eigenvalue weighted by Crippen LogP contribution is -2.47. The van der Waals surface area contributed by atoms with E-state index in [1.165, 1.54) is 0 Å². The van der Waals surface area contributed by atoms with Gasteiger partial charge in [0.1, 0.15) is 0 Å². The van der Waals surface area contributed by atoms with Crippen LogP contribution in [-0.4, -0.2) is 31.5 Å². The third-order valence-corrected chi connectivity index (χ3v) is 1.33. The average molecular weight is 210 g/mol. The minimum Gasteiger partial charge on any atom is -0.372 e. The molecule has 0 rings (SSSR count). The maximum absolute atomic E-state index is 12.3. The molecule has 0 aliphatic carbocycles. The maximum atomic E-state index is 12.3. The molecule has 0 heterocycles. The van der Waals surface area contributed by atoms with Crippen LogP contribution in [0, 0.1) is 0 Å². The number of hydrogen-bond donors (Lipinski definition) is 0. The summed E-state index contributed by atoms with van der Waals surface area (Å²) in [4.78, 5) is 0.